The molecule has 1 nitrogen and oxygen atoms in total. The molecule has 1 aromatic rings. The lowest BCUT2D eigenvalue weighted by Gasteiger charge is -2.12. The molecule has 4 heteroatoms. The number of benzene rings is 1. The summed E-state index contributed by atoms with van der Waals surface area (Å²) in [4.78, 5) is 0. The van der Waals surface area contributed by atoms with Crippen molar-refractivity contribution in [3.63, 3.8) is 0 Å². The topological polar surface area (TPSA) is 20.2 Å². The Morgan fingerprint density at radius 1 is 1.31 bits per heavy atom. The van der Waals surface area contributed by atoms with Gasteiger partial charge in [0.15, 0.2) is 0 Å². The van der Waals surface area contributed by atoms with E-state index in [1.807, 2.05) is 13.8 Å². The summed E-state index contributed by atoms with van der Waals surface area (Å²) in [6.45, 7) is 4.04. The highest BCUT2D eigenvalue weighted by atomic mass is 19.4. The molecule has 0 amide bonds. The minimum Gasteiger partial charge on any atom is -0.507 e. The molecule has 1 aromatic carbocycles. The average molecular weight is 232 g/mol. The molecule has 1 rings (SSSR count). The molecule has 0 saturated carbocycles. The lowest BCUT2D eigenvalue weighted by molar-refractivity contribution is -0.138. The van der Waals surface area contributed by atoms with Crippen molar-refractivity contribution in [2.24, 2.45) is 5.92 Å². The molecule has 0 bridgehead atoms. The van der Waals surface area contributed by atoms with Crippen molar-refractivity contribution < 1.29 is 18.3 Å². The first-order valence-corrected chi connectivity index (χ1v) is 5.23. The summed E-state index contributed by atoms with van der Waals surface area (Å²) in [6.07, 6.45) is -2.84. The van der Waals surface area contributed by atoms with Gasteiger partial charge >= 0.3 is 6.18 Å². The van der Waals surface area contributed by atoms with Crippen molar-refractivity contribution in [3.05, 3.63) is 29.3 Å². The fourth-order valence-electron chi connectivity index (χ4n) is 1.49. The summed E-state index contributed by atoms with van der Waals surface area (Å²) in [6, 6.07) is 3.57. The molecular formula is C12H15F3O. The number of phenols is 1. The SMILES string of the molecule is CCC(C)Cc1ccc(C(F)(F)F)c(O)c1. The van der Waals surface area contributed by atoms with Gasteiger partial charge in [0.2, 0.25) is 0 Å². The second kappa shape index (κ2) is 4.76. The van der Waals surface area contributed by atoms with Crippen LogP contribution in [0.1, 0.15) is 31.4 Å². The molecule has 0 radical (unpaired) electrons. The maximum Gasteiger partial charge on any atom is 0.419 e. The van der Waals surface area contributed by atoms with Crippen molar-refractivity contribution in [1.29, 1.82) is 0 Å². The summed E-state index contributed by atoms with van der Waals surface area (Å²) < 4.78 is 37.0. The number of rotatable bonds is 3. The fraction of sp³-hybridized carbons (Fsp3) is 0.500. The van der Waals surface area contributed by atoms with Crippen molar-refractivity contribution >= 4 is 0 Å². The van der Waals surface area contributed by atoms with Gasteiger partial charge in [0.05, 0.1) is 5.56 Å². The Balaban J connectivity index is 2.91. The van der Waals surface area contributed by atoms with Crippen molar-refractivity contribution in [3.8, 4) is 5.75 Å². The Morgan fingerprint density at radius 3 is 2.38 bits per heavy atom. The lowest BCUT2D eigenvalue weighted by atomic mass is 9.97. The summed E-state index contributed by atoms with van der Waals surface area (Å²) >= 11 is 0. The van der Waals surface area contributed by atoms with Crippen LogP contribution >= 0.6 is 0 Å². The van der Waals surface area contributed by atoms with E-state index in [0.717, 1.165) is 18.1 Å². The third kappa shape index (κ3) is 3.15. The number of aromatic hydroxyl groups is 1. The molecule has 1 N–H and O–H groups in total. The molecule has 0 aromatic heterocycles. The number of hydrogen-bond acceptors (Lipinski definition) is 1. The quantitative estimate of drug-likeness (QED) is 0.835. The van der Waals surface area contributed by atoms with E-state index in [2.05, 4.69) is 0 Å². The first kappa shape index (κ1) is 12.9. The molecule has 0 heterocycles. The number of phenolic OH excluding ortho intramolecular Hbond substituents is 1. The zero-order valence-electron chi connectivity index (χ0n) is 9.30. The van der Waals surface area contributed by atoms with Gasteiger partial charge in [0.25, 0.3) is 0 Å². The van der Waals surface area contributed by atoms with E-state index < -0.39 is 17.5 Å². The Labute approximate surface area is 92.9 Å². The van der Waals surface area contributed by atoms with Crippen LogP contribution in [-0.4, -0.2) is 5.11 Å². The van der Waals surface area contributed by atoms with Crippen LogP contribution in [0.5, 0.6) is 5.75 Å². The van der Waals surface area contributed by atoms with Crippen LogP contribution in [0.25, 0.3) is 0 Å². The largest absolute Gasteiger partial charge is 0.507 e. The molecule has 16 heavy (non-hydrogen) atoms. The summed E-state index contributed by atoms with van der Waals surface area (Å²) in [5.41, 5.74) is -0.236. The predicted octanol–water partition coefficient (Wildman–Crippen LogP) is 4.00. The summed E-state index contributed by atoms with van der Waals surface area (Å²) in [5.74, 6) is -0.288. The molecule has 0 aliphatic rings. The number of hydrogen-bond donors (Lipinski definition) is 1. The summed E-state index contributed by atoms with van der Waals surface area (Å²) in [7, 11) is 0. The molecular weight excluding hydrogens is 217 g/mol. The minimum absolute atomic E-state index is 0.399. The smallest absolute Gasteiger partial charge is 0.419 e. The van der Waals surface area contributed by atoms with Crippen LogP contribution in [-0.2, 0) is 12.6 Å². The van der Waals surface area contributed by atoms with Gasteiger partial charge < -0.3 is 5.11 Å². The number of halogens is 3. The van der Waals surface area contributed by atoms with Crippen molar-refractivity contribution in [2.75, 3.05) is 0 Å². The zero-order valence-corrected chi connectivity index (χ0v) is 9.30. The molecule has 0 fully saturated rings. The zero-order chi connectivity index (χ0) is 12.3. The normalized spacial score (nSPS) is 13.8. The Kier molecular flexibility index (Phi) is 3.83. The first-order chi connectivity index (χ1) is 7.34. The van der Waals surface area contributed by atoms with Gasteiger partial charge in [0, 0.05) is 0 Å². The molecule has 90 valence electrons. The summed E-state index contributed by atoms with van der Waals surface area (Å²) in [5, 5.41) is 9.29. The number of alkyl halides is 3. The van der Waals surface area contributed by atoms with E-state index in [1.165, 1.54) is 12.1 Å². The molecule has 1 unspecified atom stereocenters. The van der Waals surface area contributed by atoms with Gasteiger partial charge in [-0.2, -0.15) is 13.2 Å². The highest BCUT2D eigenvalue weighted by molar-refractivity contribution is 5.38. The van der Waals surface area contributed by atoms with Crippen LogP contribution < -0.4 is 0 Å². The van der Waals surface area contributed by atoms with Gasteiger partial charge in [-0.3, -0.25) is 0 Å². The highest BCUT2D eigenvalue weighted by Crippen LogP contribution is 2.36. The van der Waals surface area contributed by atoms with Crippen molar-refractivity contribution in [2.45, 2.75) is 32.9 Å². The average Bonchev–Trinajstić information content (AvgIpc) is 2.15. The Hall–Kier alpha value is -1.19. The first-order valence-electron chi connectivity index (χ1n) is 5.23. The maximum absolute atomic E-state index is 12.3. The highest BCUT2D eigenvalue weighted by Gasteiger charge is 2.33. The van der Waals surface area contributed by atoms with Crippen LogP contribution in [0.4, 0.5) is 13.2 Å². The van der Waals surface area contributed by atoms with Crippen LogP contribution in [0.15, 0.2) is 18.2 Å². The molecule has 0 aliphatic heterocycles. The molecule has 0 saturated heterocycles. The van der Waals surface area contributed by atoms with E-state index in [0.29, 0.717) is 12.3 Å². The van der Waals surface area contributed by atoms with Gasteiger partial charge in [-0.15, -0.1) is 0 Å². The van der Waals surface area contributed by atoms with Gasteiger partial charge in [-0.1, -0.05) is 26.3 Å². The van der Waals surface area contributed by atoms with Crippen molar-refractivity contribution in [1.82, 2.24) is 0 Å². The van der Waals surface area contributed by atoms with E-state index in [1.54, 1.807) is 0 Å². The van der Waals surface area contributed by atoms with Gasteiger partial charge in [0.1, 0.15) is 5.75 Å². The third-order valence-electron chi connectivity index (χ3n) is 2.65. The molecule has 1 atom stereocenters. The van der Waals surface area contributed by atoms with E-state index in [4.69, 9.17) is 0 Å². The minimum atomic E-state index is -4.49. The van der Waals surface area contributed by atoms with Crippen LogP contribution in [0, 0.1) is 5.92 Å². The maximum atomic E-state index is 12.3. The van der Waals surface area contributed by atoms with E-state index in [9.17, 15) is 18.3 Å². The predicted molar refractivity (Wildman–Crippen MR) is 56.3 cm³/mol. The molecule has 0 aliphatic carbocycles. The molecule has 0 spiro atoms. The second-order valence-electron chi connectivity index (χ2n) is 4.07. The van der Waals surface area contributed by atoms with Crippen LogP contribution in [0.3, 0.4) is 0 Å². The Bertz CT molecular complexity index is 358. The van der Waals surface area contributed by atoms with Gasteiger partial charge in [-0.05, 0) is 30.0 Å². The van der Waals surface area contributed by atoms with Crippen LogP contribution in [0.2, 0.25) is 0 Å². The monoisotopic (exact) mass is 232 g/mol. The standard InChI is InChI=1S/C12H15F3O/c1-3-8(2)6-9-4-5-10(11(16)7-9)12(13,14)15/h4-5,7-8,16H,3,6H2,1-2H3. The van der Waals surface area contributed by atoms with Gasteiger partial charge in [-0.25, -0.2) is 0 Å². The fourth-order valence-corrected chi connectivity index (χ4v) is 1.49. The lowest BCUT2D eigenvalue weighted by Crippen LogP contribution is -2.06. The Morgan fingerprint density at radius 2 is 1.94 bits per heavy atom. The van der Waals surface area contributed by atoms with E-state index in [-0.39, 0.29) is 0 Å². The third-order valence-corrected chi connectivity index (χ3v) is 2.65. The van der Waals surface area contributed by atoms with E-state index >= 15 is 0 Å². The second-order valence-corrected chi connectivity index (χ2v) is 4.07.